The van der Waals surface area contributed by atoms with Crippen LogP contribution in [0.25, 0.3) is 11.1 Å². The normalized spacial score (nSPS) is 16.7. The van der Waals surface area contributed by atoms with E-state index in [9.17, 15) is 0 Å². The fourth-order valence-electron chi connectivity index (χ4n) is 3.18. The molecule has 2 aromatic carbocycles. The van der Waals surface area contributed by atoms with Crippen LogP contribution < -0.4 is 15.0 Å². The van der Waals surface area contributed by atoms with Crippen LogP contribution in [-0.4, -0.2) is 42.9 Å². The Morgan fingerprint density at radius 3 is 2.85 bits per heavy atom. The summed E-state index contributed by atoms with van der Waals surface area (Å²) < 4.78 is 11.7. The van der Waals surface area contributed by atoms with E-state index in [1.165, 1.54) is 5.56 Å². The summed E-state index contributed by atoms with van der Waals surface area (Å²) >= 11 is 2.00. The number of rotatable bonds is 8. The highest BCUT2D eigenvalue weighted by molar-refractivity contribution is 8.00. The Morgan fingerprint density at radius 1 is 1.22 bits per heavy atom. The van der Waals surface area contributed by atoms with Crippen LogP contribution in [0.15, 0.2) is 52.9 Å². The lowest BCUT2D eigenvalue weighted by atomic mass is 10.1. The zero-order chi connectivity index (χ0) is 18.5. The Bertz CT molecular complexity index is 826. The van der Waals surface area contributed by atoms with E-state index in [0.29, 0.717) is 17.9 Å². The third-order valence-electron chi connectivity index (χ3n) is 4.70. The molecule has 0 amide bonds. The fraction of sp³-hybridized carbons (Fsp3) is 0.381. The highest BCUT2D eigenvalue weighted by Gasteiger charge is 2.15. The molecular weight excluding hydrogens is 358 g/mol. The van der Waals surface area contributed by atoms with E-state index in [0.717, 1.165) is 48.7 Å². The number of hydrogen-bond acceptors (Lipinski definition) is 6. The van der Waals surface area contributed by atoms with Crippen LogP contribution in [0.2, 0.25) is 0 Å². The van der Waals surface area contributed by atoms with Gasteiger partial charge < -0.3 is 19.4 Å². The molecule has 0 saturated carbocycles. The molecular formula is C21H25N3O2S. The lowest BCUT2D eigenvalue weighted by molar-refractivity contribution is 0.311. The monoisotopic (exact) mass is 383 g/mol. The second kappa shape index (κ2) is 8.67. The predicted octanol–water partition coefficient (Wildman–Crippen LogP) is 3.94. The van der Waals surface area contributed by atoms with Crippen LogP contribution in [-0.2, 0) is 6.42 Å². The zero-order valence-electron chi connectivity index (χ0n) is 15.6. The lowest BCUT2D eigenvalue weighted by Crippen LogP contribution is -2.20. The average Bonchev–Trinajstić information content (AvgIpc) is 3.35. The van der Waals surface area contributed by atoms with Gasteiger partial charge in [0.2, 0.25) is 0 Å². The first kappa shape index (κ1) is 18.2. The molecule has 0 spiro atoms. The van der Waals surface area contributed by atoms with E-state index in [4.69, 9.17) is 9.15 Å². The van der Waals surface area contributed by atoms with Gasteiger partial charge in [0.15, 0.2) is 5.58 Å². The quantitative estimate of drug-likeness (QED) is 0.595. The fourth-order valence-corrected chi connectivity index (χ4v) is 4.20. The predicted molar refractivity (Wildman–Crippen MR) is 112 cm³/mol. The summed E-state index contributed by atoms with van der Waals surface area (Å²) in [6, 6.07) is 17.0. The van der Waals surface area contributed by atoms with Crippen molar-refractivity contribution in [3.8, 4) is 5.75 Å². The van der Waals surface area contributed by atoms with E-state index in [1.807, 2.05) is 48.0 Å². The topological polar surface area (TPSA) is 50.5 Å². The van der Waals surface area contributed by atoms with E-state index in [1.54, 1.807) is 0 Å². The number of anilines is 1. The number of nitrogens with zero attached hydrogens (tertiary/aromatic N) is 2. The van der Waals surface area contributed by atoms with Crippen molar-refractivity contribution in [2.45, 2.75) is 18.1 Å². The third kappa shape index (κ3) is 4.76. The van der Waals surface area contributed by atoms with Gasteiger partial charge in [-0.25, -0.2) is 0 Å². The summed E-state index contributed by atoms with van der Waals surface area (Å²) in [5.74, 6) is 2.00. The molecule has 4 rings (SSSR count). The van der Waals surface area contributed by atoms with Crippen LogP contribution >= 0.6 is 11.8 Å². The van der Waals surface area contributed by atoms with Crippen LogP contribution in [0.1, 0.15) is 12.0 Å². The van der Waals surface area contributed by atoms with Gasteiger partial charge in [0.25, 0.3) is 6.01 Å². The van der Waals surface area contributed by atoms with Gasteiger partial charge in [-0.3, -0.25) is 0 Å². The summed E-state index contributed by atoms with van der Waals surface area (Å²) in [5.41, 5.74) is 3.09. The number of oxazole rings is 1. The molecule has 1 aliphatic heterocycles. The molecule has 0 bridgehead atoms. The maximum Gasteiger partial charge on any atom is 0.298 e. The van der Waals surface area contributed by atoms with Crippen molar-refractivity contribution >= 4 is 28.9 Å². The maximum absolute atomic E-state index is 5.88. The first-order valence-electron chi connectivity index (χ1n) is 9.39. The molecule has 5 nitrogen and oxygen atoms in total. The number of para-hydroxylation sites is 2. The Hall–Kier alpha value is -2.18. The maximum atomic E-state index is 5.88. The Labute approximate surface area is 164 Å². The molecule has 3 aromatic rings. The first-order chi connectivity index (χ1) is 13.3. The number of aromatic nitrogens is 1. The van der Waals surface area contributed by atoms with Crippen molar-refractivity contribution < 1.29 is 9.15 Å². The molecule has 1 aliphatic rings. The SMILES string of the molecule is CN(CCCOc1ccc(CC2CNCS2)cc1)c1nc2ccccc2o1. The lowest BCUT2D eigenvalue weighted by Gasteiger charge is -2.14. The Morgan fingerprint density at radius 2 is 2.07 bits per heavy atom. The van der Waals surface area contributed by atoms with E-state index >= 15 is 0 Å². The van der Waals surface area contributed by atoms with Gasteiger partial charge in [0.1, 0.15) is 11.3 Å². The molecule has 1 N–H and O–H groups in total. The molecule has 1 aromatic heterocycles. The summed E-state index contributed by atoms with van der Waals surface area (Å²) in [6.45, 7) is 2.61. The van der Waals surface area contributed by atoms with Crippen molar-refractivity contribution in [3.63, 3.8) is 0 Å². The summed E-state index contributed by atoms with van der Waals surface area (Å²) in [4.78, 5) is 6.54. The average molecular weight is 384 g/mol. The number of ether oxygens (including phenoxy) is 1. The van der Waals surface area contributed by atoms with Crippen molar-refractivity contribution in [2.24, 2.45) is 0 Å². The molecule has 1 saturated heterocycles. The van der Waals surface area contributed by atoms with Crippen molar-refractivity contribution in [1.82, 2.24) is 10.3 Å². The smallest absolute Gasteiger partial charge is 0.298 e. The number of benzene rings is 2. The van der Waals surface area contributed by atoms with Gasteiger partial charge in [-0.1, -0.05) is 24.3 Å². The molecule has 27 heavy (non-hydrogen) atoms. The van der Waals surface area contributed by atoms with Crippen LogP contribution in [0.3, 0.4) is 0 Å². The zero-order valence-corrected chi connectivity index (χ0v) is 16.4. The highest BCUT2D eigenvalue weighted by Crippen LogP contribution is 2.22. The van der Waals surface area contributed by atoms with Crippen LogP contribution in [0, 0.1) is 0 Å². The molecule has 1 fully saturated rings. The number of hydrogen-bond donors (Lipinski definition) is 1. The first-order valence-corrected chi connectivity index (χ1v) is 10.4. The largest absolute Gasteiger partial charge is 0.494 e. The van der Waals surface area contributed by atoms with Crippen LogP contribution in [0.4, 0.5) is 6.01 Å². The van der Waals surface area contributed by atoms with Gasteiger partial charge in [0, 0.05) is 31.3 Å². The third-order valence-corrected chi connectivity index (χ3v) is 5.87. The van der Waals surface area contributed by atoms with E-state index in [2.05, 4.69) is 34.6 Å². The van der Waals surface area contributed by atoms with Gasteiger partial charge >= 0.3 is 0 Å². The standard InChI is InChI=1S/C21H25N3O2S/c1-24(21-23-19-5-2-3-6-20(19)26-21)11-4-12-25-17-9-7-16(8-10-17)13-18-14-22-15-27-18/h2-3,5-10,18,22H,4,11-15H2,1H3. The number of nitrogens with one attached hydrogen (secondary N) is 1. The molecule has 1 atom stereocenters. The second-order valence-corrected chi connectivity index (χ2v) is 8.11. The summed E-state index contributed by atoms with van der Waals surface area (Å²) in [7, 11) is 2.00. The molecule has 2 heterocycles. The van der Waals surface area contributed by atoms with Crippen molar-refractivity contribution in [1.29, 1.82) is 0 Å². The number of fused-ring (bicyclic) bond motifs is 1. The Kier molecular flexibility index (Phi) is 5.84. The summed E-state index contributed by atoms with van der Waals surface area (Å²) in [6.07, 6.45) is 2.02. The molecule has 1 unspecified atom stereocenters. The van der Waals surface area contributed by atoms with Gasteiger partial charge in [-0.15, -0.1) is 11.8 Å². The molecule has 0 radical (unpaired) electrons. The molecule has 6 heteroatoms. The minimum absolute atomic E-state index is 0.653. The molecule has 0 aliphatic carbocycles. The summed E-state index contributed by atoms with van der Waals surface area (Å²) in [5, 5.41) is 4.08. The second-order valence-electron chi connectivity index (χ2n) is 6.82. The minimum atomic E-state index is 0.653. The van der Waals surface area contributed by atoms with Crippen molar-refractivity contribution in [3.05, 3.63) is 54.1 Å². The van der Waals surface area contributed by atoms with Gasteiger partial charge in [0.05, 0.1) is 6.61 Å². The van der Waals surface area contributed by atoms with Crippen molar-refractivity contribution in [2.75, 3.05) is 37.5 Å². The van der Waals surface area contributed by atoms with E-state index in [-0.39, 0.29) is 0 Å². The van der Waals surface area contributed by atoms with Gasteiger partial charge in [-0.05, 0) is 42.7 Å². The Balaban J connectivity index is 1.21. The minimum Gasteiger partial charge on any atom is -0.494 e. The number of thioether (sulfide) groups is 1. The van der Waals surface area contributed by atoms with Gasteiger partial charge in [-0.2, -0.15) is 4.98 Å². The van der Waals surface area contributed by atoms with Crippen LogP contribution in [0.5, 0.6) is 5.75 Å². The van der Waals surface area contributed by atoms with E-state index < -0.39 is 0 Å². The molecule has 142 valence electrons. The highest BCUT2D eigenvalue weighted by atomic mass is 32.2.